The van der Waals surface area contributed by atoms with Crippen molar-refractivity contribution >= 4 is 23.5 Å². The zero-order valence-corrected chi connectivity index (χ0v) is 21.3. The fraction of sp³-hybridized carbons (Fsp3) is 0.762. The number of thiazole rings is 1. The van der Waals surface area contributed by atoms with Gasteiger partial charge in [0.2, 0.25) is 0 Å². The highest BCUT2D eigenvalue weighted by Gasteiger charge is 2.18. The largest absolute Gasteiger partial charge is 0.444 e. The van der Waals surface area contributed by atoms with Gasteiger partial charge in [0.25, 0.3) is 0 Å². The summed E-state index contributed by atoms with van der Waals surface area (Å²) in [5.74, 6) is 0. The molecule has 1 aromatic heterocycles. The average molecular weight is 460 g/mol. The van der Waals surface area contributed by atoms with Gasteiger partial charge >= 0.3 is 12.2 Å². The lowest BCUT2D eigenvalue weighted by molar-refractivity contribution is 0.0516. The second-order valence-corrected chi connectivity index (χ2v) is 11.0. The predicted octanol–water partition coefficient (Wildman–Crippen LogP) is 3.32. The Labute approximate surface area is 190 Å². The maximum absolute atomic E-state index is 11.5. The Morgan fingerprint density at radius 2 is 1.42 bits per heavy atom. The van der Waals surface area contributed by atoms with Crippen LogP contribution in [0.5, 0.6) is 0 Å². The topological polar surface area (TPSA) is 131 Å². The molecule has 180 valence electrons. The Hall–Kier alpha value is -2.07. The van der Waals surface area contributed by atoms with Crippen LogP contribution in [0.2, 0.25) is 0 Å². The summed E-state index contributed by atoms with van der Waals surface area (Å²) in [6.07, 6.45) is 1.16. The van der Waals surface area contributed by atoms with Gasteiger partial charge in [0.15, 0.2) is 4.80 Å². The van der Waals surface area contributed by atoms with Crippen LogP contribution >= 0.6 is 11.3 Å². The van der Waals surface area contributed by atoms with Crippen molar-refractivity contribution in [2.24, 2.45) is 5.73 Å². The molecule has 0 unspecified atom stereocenters. The van der Waals surface area contributed by atoms with Gasteiger partial charge in [-0.1, -0.05) is 20.8 Å². The standard InChI is InChI=1S/C14H25N3O2S.C7H16N2O2/c1-13(2,3)10-9-17(11(15)20-10)8-7-16-12(18)19-14(4,5)6;1-7(2,3)11-6(10)9-5-4-8/h9,15H,7-8H2,1-6H3,(H,16,18);4-5,8H2,1-3H3,(H,9,10). The Balaban J connectivity index is 0.000000695. The number of carbonyl (C=O) groups is 2. The van der Waals surface area contributed by atoms with Crippen LogP contribution < -0.4 is 21.2 Å². The maximum atomic E-state index is 11.5. The fourth-order valence-electron chi connectivity index (χ4n) is 1.98. The number of alkyl carbamates (subject to hydrolysis) is 2. The Bertz CT molecular complexity index is 752. The molecule has 0 saturated heterocycles. The molecule has 0 bridgehead atoms. The van der Waals surface area contributed by atoms with Crippen molar-refractivity contribution in [1.29, 1.82) is 5.41 Å². The number of hydrogen-bond donors (Lipinski definition) is 4. The molecule has 0 radical (unpaired) electrons. The quantitative estimate of drug-likeness (QED) is 0.536. The van der Waals surface area contributed by atoms with Gasteiger partial charge < -0.3 is 30.4 Å². The molecule has 0 spiro atoms. The average Bonchev–Trinajstić information content (AvgIpc) is 2.91. The van der Waals surface area contributed by atoms with E-state index < -0.39 is 23.4 Å². The van der Waals surface area contributed by atoms with Crippen molar-refractivity contribution in [3.05, 3.63) is 15.9 Å². The molecule has 0 aliphatic rings. The van der Waals surface area contributed by atoms with Crippen LogP contribution in [0.15, 0.2) is 6.20 Å². The van der Waals surface area contributed by atoms with Gasteiger partial charge in [0.1, 0.15) is 11.2 Å². The number of aromatic nitrogens is 1. The van der Waals surface area contributed by atoms with Crippen LogP contribution in [0, 0.1) is 5.41 Å². The second kappa shape index (κ2) is 12.1. The lowest BCUT2D eigenvalue weighted by atomic mass is 9.95. The van der Waals surface area contributed by atoms with E-state index in [1.165, 1.54) is 16.2 Å². The van der Waals surface area contributed by atoms with Crippen LogP contribution in [-0.2, 0) is 21.4 Å². The fourth-order valence-corrected chi connectivity index (χ4v) is 2.94. The van der Waals surface area contributed by atoms with Gasteiger partial charge in [-0.3, -0.25) is 5.41 Å². The molecule has 31 heavy (non-hydrogen) atoms. The number of amides is 2. The van der Waals surface area contributed by atoms with Crippen LogP contribution in [0.1, 0.15) is 67.2 Å². The molecule has 1 heterocycles. The monoisotopic (exact) mass is 459 g/mol. The summed E-state index contributed by atoms with van der Waals surface area (Å²) in [7, 11) is 0. The first-order chi connectivity index (χ1) is 13.9. The smallest absolute Gasteiger partial charge is 0.407 e. The van der Waals surface area contributed by atoms with Crippen LogP contribution in [0.3, 0.4) is 0 Å². The van der Waals surface area contributed by atoms with Crippen LogP contribution in [-0.4, -0.2) is 47.6 Å². The minimum Gasteiger partial charge on any atom is -0.444 e. The van der Waals surface area contributed by atoms with E-state index in [9.17, 15) is 9.59 Å². The number of nitrogens with zero attached hydrogens (tertiary/aromatic N) is 1. The van der Waals surface area contributed by atoms with E-state index in [-0.39, 0.29) is 5.41 Å². The summed E-state index contributed by atoms with van der Waals surface area (Å²) >= 11 is 1.48. The summed E-state index contributed by atoms with van der Waals surface area (Å²) < 4.78 is 11.9. The van der Waals surface area contributed by atoms with Gasteiger partial charge in [-0.05, 0) is 47.0 Å². The third-order valence-corrected chi connectivity index (χ3v) is 4.68. The third kappa shape index (κ3) is 14.5. The van der Waals surface area contributed by atoms with Gasteiger partial charge in [-0.25, -0.2) is 9.59 Å². The van der Waals surface area contributed by atoms with Crippen molar-refractivity contribution in [2.75, 3.05) is 19.6 Å². The minimum absolute atomic E-state index is 0.0459. The highest BCUT2D eigenvalue weighted by atomic mass is 32.1. The van der Waals surface area contributed by atoms with Gasteiger partial charge in [0.05, 0.1) is 0 Å². The molecule has 1 rings (SSSR count). The van der Waals surface area contributed by atoms with Gasteiger partial charge in [-0.2, -0.15) is 0 Å². The van der Waals surface area contributed by atoms with E-state index in [1.54, 1.807) is 0 Å². The summed E-state index contributed by atoms with van der Waals surface area (Å²) in [5.41, 5.74) is 4.30. The zero-order chi connectivity index (χ0) is 24.5. The number of rotatable bonds is 5. The summed E-state index contributed by atoms with van der Waals surface area (Å²) in [5, 5.41) is 13.1. The Kier molecular flexibility index (Phi) is 11.3. The number of ether oxygens (including phenoxy) is 2. The van der Waals surface area contributed by atoms with Gasteiger partial charge in [0, 0.05) is 37.3 Å². The highest BCUT2D eigenvalue weighted by Crippen LogP contribution is 2.24. The number of nitrogens with one attached hydrogen (secondary N) is 3. The SMILES string of the molecule is CC(C)(C)OC(=O)NCCN.CC(C)(C)OC(=O)NCCn1cc(C(C)(C)C)sc1=N. The first-order valence-corrected chi connectivity index (χ1v) is 11.2. The van der Waals surface area contributed by atoms with Crippen LogP contribution in [0.25, 0.3) is 0 Å². The highest BCUT2D eigenvalue weighted by molar-refractivity contribution is 7.09. The molecular weight excluding hydrogens is 418 g/mol. The molecule has 0 aliphatic carbocycles. The lowest BCUT2D eigenvalue weighted by Crippen LogP contribution is -2.35. The number of hydrogen-bond acceptors (Lipinski definition) is 7. The molecule has 0 aliphatic heterocycles. The van der Waals surface area contributed by atoms with Crippen molar-refractivity contribution in [2.45, 2.75) is 85.5 Å². The molecule has 0 atom stereocenters. The van der Waals surface area contributed by atoms with Crippen LogP contribution in [0.4, 0.5) is 9.59 Å². The summed E-state index contributed by atoms with van der Waals surface area (Å²) in [4.78, 5) is 24.0. The summed E-state index contributed by atoms with van der Waals surface area (Å²) in [6, 6.07) is 0. The molecule has 0 aromatic carbocycles. The van der Waals surface area contributed by atoms with Crippen molar-refractivity contribution < 1.29 is 19.1 Å². The van der Waals surface area contributed by atoms with E-state index in [0.717, 1.165) is 0 Å². The number of carbonyl (C=O) groups excluding carboxylic acids is 2. The van der Waals surface area contributed by atoms with Crippen molar-refractivity contribution in [1.82, 2.24) is 15.2 Å². The maximum Gasteiger partial charge on any atom is 0.407 e. The lowest BCUT2D eigenvalue weighted by Gasteiger charge is -2.19. The number of nitrogens with two attached hydrogens (primary N) is 1. The molecule has 5 N–H and O–H groups in total. The van der Waals surface area contributed by atoms with Crippen molar-refractivity contribution in [3.63, 3.8) is 0 Å². The van der Waals surface area contributed by atoms with Crippen molar-refractivity contribution in [3.8, 4) is 0 Å². The molecule has 2 amide bonds. The zero-order valence-electron chi connectivity index (χ0n) is 20.5. The molecule has 0 saturated carbocycles. The minimum atomic E-state index is -0.487. The van der Waals surface area contributed by atoms with E-state index in [1.807, 2.05) is 52.3 Å². The Morgan fingerprint density at radius 3 is 1.77 bits per heavy atom. The third-order valence-electron chi connectivity index (χ3n) is 3.31. The summed E-state index contributed by atoms with van der Waals surface area (Å²) in [6.45, 7) is 19.2. The van der Waals surface area contributed by atoms with E-state index in [4.69, 9.17) is 20.6 Å². The molecular formula is C21H41N5O4S. The molecule has 1 aromatic rings. The van der Waals surface area contributed by atoms with E-state index >= 15 is 0 Å². The molecule has 10 heteroatoms. The molecule has 0 fully saturated rings. The normalized spacial score (nSPS) is 11.8. The van der Waals surface area contributed by atoms with E-state index in [0.29, 0.717) is 31.0 Å². The van der Waals surface area contributed by atoms with Gasteiger partial charge in [-0.15, -0.1) is 11.3 Å². The Morgan fingerprint density at radius 1 is 0.968 bits per heavy atom. The predicted molar refractivity (Wildman–Crippen MR) is 124 cm³/mol. The first kappa shape index (κ1) is 28.9. The first-order valence-electron chi connectivity index (χ1n) is 10.3. The molecule has 9 nitrogen and oxygen atoms in total. The second-order valence-electron chi connectivity index (χ2n) is 9.99. The van der Waals surface area contributed by atoms with E-state index in [2.05, 4.69) is 31.4 Å².